The monoisotopic (exact) mass is 310 g/mol. The number of carbonyl (C=O) groups excluding carboxylic acids is 2. The molecular formula is C18H18N2O3. The van der Waals surface area contributed by atoms with Gasteiger partial charge in [0.05, 0.1) is 18.7 Å². The van der Waals surface area contributed by atoms with Gasteiger partial charge in [0.1, 0.15) is 5.75 Å². The molecule has 1 aliphatic heterocycles. The third-order valence-corrected chi connectivity index (χ3v) is 3.83. The maximum absolute atomic E-state index is 12.3. The number of amides is 2. The highest BCUT2D eigenvalue weighted by atomic mass is 16.5. The molecule has 1 aliphatic rings. The van der Waals surface area contributed by atoms with Crippen molar-refractivity contribution in [1.82, 2.24) is 5.32 Å². The molecule has 0 aromatic heterocycles. The van der Waals surface area contributed by atoms with E-state index in [1.165, 1.54) is 4.90 Å². The smallest absolute Gasteiger partial charge is 0.251 e. The Morgan fingerprint density at radius 1 is 1.22 bits per heavy atom. The van der Waals surface area contributed by atoms with Gasteiger partial charge in [0.2, 0.25) is 5.91 Å². The van der Waals surface area contributed by atoms with Crippen LogP contribution in [-0.2, 0) is 11.3 Å². The molecule has 0 saturated carbocycles. The van der Waals surface area contributed by atoms with Crippen molar-refractivity contribution in [2.75, 3.05) is 18.6 Å². The van der Waals surface area contributed by atoms with Gasteiger partial charge >= 0.3 is 0 Å². The Morgan fingerprint density at radius 3 is 2.78 bits per heavy atom. The lowest BCUT2D eigenvalue weighted by atomic mass is 10.1. The van der Waals surface area contributed by atoms with Crippen molar-refractivity contribution < 1.29 is 14.3 Å². The first-order chi connectivity index (χ1) is 11.1. The van der Waals surface area contributed by atoms with E-state index in [2.05, 4.69) is 5.32 Å². The van der Waals surface area contributed by atoms with E-state index in [-0.39, 0.29) is 11.8 Å². The fourth-order valence-corrected chi connectivity index (χ4v) is 2.47. The molecule has 0 unspecified atom stereocenters. The number of anilines is 1. The van der Waals surface area contributed by atoms with Crippen molar-refractivity contribution in [1.29, 1.82) is 0 Å². The maximum Gasteiger partial charge on any atom is 0.251 e. The molecule has 0 bridgehead atoms. The van der Waals surface area contributed by atoms with Crippen LogP contribution in [0.4, 0.5) is 5.69 Å². The first kappa shape index (κ1) is 15.1. The second-order valence-electron chi connectivity index (χ2n) is 5.40. The Morgan fingerprint density at radius 2 is 2.00 bits per heavy atom. The van der Waals surface area contributed by atoms with Gasteiger partial charge in [-0.15, -0.1) is 0 Å². The summed E-state index contributed by atoms with van der Waals surface area (Å²) >= 11 is 0. The molecule has 0 atom stereocenters. The minimum atomic E-state index is -0.179. The number of benzene rings is 2. The van der Waals surface area contributed by atoms with Gasteiger partial charge < -0.3 is 15.0 Å². The standard InChI is InChI=1S/C18H18N2O3/c1-20-15-11-14(7-8-16(15)23-10-9-17(20)21)18(22)19-12-13-5-3-2-4-6-13/h2-8,11H,9-10,12H2,1H3,(H,19,22). The van der Waals surface area contributed by atoms with E-state index in [9.17, 15) is 9.59 Å². The molecule has 2 aromatic carbocycles. The minimum Gasteiger partial charge on any atom is -0.491 e. The lowest BCUT2D eigenvalue weighted by molar-refractivity contribution is -0.118. The molecule has 0 spiro atoms. The van der Waals surface area contributed by atoms with Crippen LogP contribution < -0.4 is 15.0 Å². The van der Waals surface area contributed by atoms with E-state index in [0.717, 1.165) is 5.56 Å². The van der Waals surface area contributed by atoms with Crippen molar-refractivity contribution in [3.8, 4) is 5.75 Å². The summed E-state index contributed by atoms with van der Waals surface area (Å²) in [5.74, 6) is 0.422. The van der Waals surface area contributed by atoms with Crippen molar-refractivity contribution in [2.45, 2.75) is 13.0 Å². The summed E-state index contributed by atoms with van der Waals surface area (Å²) in [7, 11) is 1.70. The van der Waals surface area contributed by atoms with Gasteiger partial charge in [0, 0.05) is 19.2 Å². The average Bonchev–Trinajstić information content (AvgIpc) is 2.73. The highest BCUT2D eigenvalue weighted by molar-refractivity contribution is 5.99. The molecule has 0 aliphatic carbocycles. The number of rotatable bonds is 3. The van der Waals surface area contributed by atoms with E-state index in [0.29, 0.717) is 36.6 Å². The van der Waals surface area contributed by atoms with Gasteiger partial charge in [0.25, 0.3) is 5.91 Å². The van der Waals surface area contributed by atoms with Crippen molar-refractivity contribution in [3.05, 3.63) is 59.7 Å². The Hall–Kier alpha value is -2.82. The first-order valence-corrected chi connectivity index (χ1v) is 7.50. The van der Waals surface area contributed by atoms with E-state index < -0.39 is 0 Å². The summed E-state index contributed by atoms with van der Waals surface area (Å²) in [4.78, 5) is 25.8. The zero-order valence-corrected chi connectivity index (χ0v) is 12.9. The van der Waals surface area contributed by atoms with Crippen LogP contribution in [0.25, 0.3) is 0 Å². The number of nitrogens with zero attached hydrogens (tertiary/aromatic N) is 1. The number of fused-ring (bicyclic) bond motifs is 1. The lowest BCUT2D eigenvalue weighted by Crippen LogP contribution is -2.26. The molecular weight excluding hydrogens is 292 g/mol. The highest BCUT2D eigenvalue weighted by Gasteiger charge is 2.21. The second kappa shape index (κ2) is 6.52. The summed E-state index contributed by atoms with van der Waals surface area (Å²) in [5, 5.41) is 2.88. The Kier molecular flexibility index (Phi) is 4.28. The van der Waals surface area contributed by atoms with Gasteiger partial charge in [-0.05, 0) is 23.8 Å². The van der Waals surface area contributed by atoms with Gasteiger partial charge in [-0.3, -0.25) is 9.59 Å². The maximum atomic E-state index is 12.3. The topological polar surface area (TPSA) is 58.6 Å². The Labute approximate surface area is 134 Å². The van der Waals surface area contributed by atoms with Gasteiger partial charge in [-0.2, -0.15) is 0 Å². The van der Waals surface area contributed by atoms with Crippen molar-refractivity contribution in [2.24, 2.45) is 0 Å². The van der Waals surface area contributed by atoms with Crippen LogP contribution >= 0.6 is 0 Å². The molecule has 1 heterocycles. The molecule has 0 saturated heterocycles. The summed E-state index contributed by atoms with van der Waals surface area (Å²) in [6.07, 6.45) is 0.334. The van der Waals surface area contributed by atoms with Crippen molar-refractivity contribution in [3.63, 3.8) is 0 Å². The lowest BCUT2D eigenvalue weighted by Gasteiger charge is -2.17. The molecule has 0 fully saturated rings. The van der Waals surface area contributed by atoms with E-state index in [1.54, 1.807) is 25.2 Å². The molecule has 1 N–H and O–H groups in total. The predicted molar refractivity (Wildman–Crippen MR) is 87.6 cm³/mol. The van der Waals surface area contributed by atoms with Crippen LogP contribution in [0.1, 0.15) is 22.3 Å². The summed E-state index contributed by atoms with van der Waals surface area (Å²) < 4.78 is 5.56. The largest absolute Gasteiger partial charge is 0.491 e. The molecule has 2 aromatic rings. The number of carbonyl (C=O) groups is 2. The zero-order chi connectivity index (χ0) is 16.2. The molecule has 118 valence electrons. The summed E-state index contributed by atoms with van der Waals surface area (Å²) in [5.41, 5.74) is 2.16. The number of hydrogen-bond donors (Lipinski definition) is 1. The van der Waals surface area contributed by atoms with Crippen LogP contribution in [0.15, 0.2) is 48.5 Å². The first-order valence-electron chi connectivity index (χ1n) is 7.50. The second-order valence-corrected chi connectivity index (χ2v) is 5.40. The molecule has 5 heteroatoms. The van der Waals surface area contributed by atoms with Crippen LogP contribution in [0, 0.1) is 0 Å². The molecule has 2 amide bonds. The molecule has 23 heavy (non-hydrogen) atoms. The van der Waals surface area contributed by atoms with Crippen LogP contribution in [0.3, 0.4) is 0 Å². The number of ether oxygens (including phenoxy) is 1. The van der Waals surface area contributed by atoms with Crippen LogP contribution in [0.5, 0.6) is 5.75 Å². The average molecular weight is 310 g/mol. The third-order valence-electron chi connectivity index (χ3n) is 3.83. The van der Waals surface area contributed by atoms with Crippen LogP contribution in [-0.4, -0.2) is 25.5 Å². The Bertz CT molecular complexity index is 728. The summed E-state index contributed by atoms with van der Waals surface area (Å²) in [6.45, 7) is 0.817. The normalized spacial score (nSPS) is 13.8. The summed E-state index contributed by atoms with van der Waals surface area (Å²) in [6, 6.07) is 14.9. The number of nitrogens with one attached hydrogen (secondary N) is 1. The van der Waals surface area contributed by atoms with Crippen molar-refractivity contribution >= 4 is 17.5 Å². The van der Waals surface area contributed by atoms with E-state index in [4.69, 9.17) is 4.74 Å². The van der Waals surface area contributed by atoms with Gasteiger partial charge in [-0.25, -0.2) is 0 Å². The number of hydrogen-bond acceptors (Lipinski definition) is 3. The minimum absolute atomic E-state index is 0.0226. The van der Waals surface area contributed by atoms with E-state index in [1.807, 2.05) is 30.3 Å². The fraction of sp³-hybridized carbons (Fsp3) is 0.222. The van der Waals surface area contributed by atoms with E-state index >= 15 is 0 Å². The van der Waals surface area contributed by atoms with Gasteiger partial charge in [-0.1, -0.05) is 30.3 Å². The van der Waals surface area contributed by atoms with Gasteiger partial charge in [0.15, 0.2) is 0 Å². The Balaban J connectivity index is 1.77. The SMILES string of the molecule is CN1C(=O)CCOc2ccc(C(=O)NCc3ccccc3)cc21. The quantitative estimate of drug-likeness (QED) is 0.947. The molecule has 0 radical (unpaired) electrons. The fourth-order valence-electron chi connectivity index (χ4n) is 2.47. The van der Waals surface area contributed by atoms with Crippen LogP contribution in [0.2, 0.25) is 0 Å². The predicted octanol–water partition coefficient (Wildman–Crippen LogP) is 2.36. The molecule has 5 nitrogen and oxygen atoms in total. The molecule has 3 rings (SSSR count). The zero-order valence-electron chi connectivity index (χ0n) is 12.9. The highest BCUT2D eigenvalue weighted by Crippen LogP contribution is 2.31. The third kappa shape index (κ3) is 3.34.